The van der Waals surface area contributed by atoms with E-state index in [-0.39, 0.29) is 0 Å². The van der Waals surface area contributed by atoms with E-state index in [4.69, 9.17) is 0 Å². The number of rotatable bonds is 2. The van der Waals surface area contributed by atoms with Gasteiger partial charge < -0.3 is 9.80 Å². The first-order valence-electron chi connectivity index (χ1n) is 6.66. The van der Waals surface area contributed by atoms with Gasteiger partial charge >= 0.3 is 0 Å². The Morgan fingerprint density at radius 3 is 2.44 bits per heavy atom. The third-order valence-corrected chi connectivity index (χ3v) is 3.85. The van der Waals surface area contributed by atoms with Gasteiger partial charge in [0, 0.05) is 44.5 Å². The summed E-state index contributed by atoms with van der Waals surface area (Å²) in [5.41, 5.74) is 0. The number of aromatic nitrogens is 2. The van der Waals surface area contributed by atoms with Crippen molar-refractivity contribution in [2.75, 3.05) is 24.5 Å². The highest BCUT2D eigenvalue weighted by Gasteiger charge is 2.31. The van der Waals surface area contributed by atoms with E-state index in [9.17, 15) is 4.79 Å². The van der Waals surface area contributed by atoms with E-state index in [1.165, 1.54) is 0 Å². The molecule has 1 aromatic rings. The molecular weight excluding hydrogens is 228 g/mol. The largest absolute Gasteiger partial charge is 0.341 e. The van der Waals surface area contributed by atoms with Crippen LogP contribution in [-0.4, -0.2) is 46.5 Å². The molecule has 18 heavy (non-hydrogen) atoms. The topological polar surface area (TPSA) is 49.3 Å². The summed E-state index contributed by atoms with van der Waals surface area (Å²) in [5.74, 6) is 1.15. The van der Waals surface area contributed by atoms with Crippen LogP contribution in [-0.2, 0) is 4.79 Å². The maximum Gasteiger partial charge on any atom is 0.225 e. The lowest BCUT2D eigenvalue weighted by Gasteiger charge is -2.36. The van der Waals surface area contributed by atoms with Crippen LogP contribution in [0.5, 0.6) is 0 Å². The van der Waals surface area contributed by atoms with E-state index in [1.54, 1.807) is 12.4 Å². The summed E-state index contributed by atoms with van der Waals surface area (Å²) < 4.78 is 0. The monoisotopic (exact) mass is 246 g/mol. The fraction of sp³-hybridized carbons (Fsp3) is 0.615. The zero-order valence-electron chi connectivity index (χ0n) is 10.5. The van der Waals surface area contributed by atoms with E-state index in [0.717, 1.165) is 51.3 Å². The summed E-state index contributed by atoms with van der Waals surface area (Å²) >= 11 is 0. The fourth-order valence-electron chi connectivity index (χ4n) is 2.89. The molecule has 0 aliphatic carbocycles. The van der Waals surface area contributed by atoms with Crippen LogP contribution in [0.15, 0.2) is 18.5 Å². The molecule has 0 saturated carbocycles. The van der Waals surface area contributed by atoms with Gasteiger partial charge in [-0.3, -0.25) is 4.79 Å². The van der Waals surface area contributed by atoms with E-state index >= 15 is 0 Å². The molecule has 0 radical (unpaired) electrons. The summed E-state index contributed by atoms with van der Waals surface area (Å²) in [6.07, 6.45) is 7.38. The average molecular weight is 246 g/mol. The molecule has 2 fully saturated rings. The Morgan fingerprint density at radius 1 is 1.11 bits per heavy atom. The lowest BCUT2D eigenvalue weighted by Crippen LogP contribution is -2.45. The Hall–Kier alpha value is -1.65. The van der Waals surface area contributed by atoms with Crippen LogP contribution in [0.3, 0.4) is 0 Å². The molecule has 3 rings (SSSR count). The lowest BCUT2D eigenvalue weighted by molar-refractivity contribution is -0.130. The summed E-state index contributed by atoms with van der Waals surface area (Å²) in [4.78, 5) is 24.5. The van der Waals surface area contributed by atoms with Crippen LogP contribution in [0.4, 0.5) is 5.95 Å². The molecule has 5 heteroatoms. The van der Waals surface area contributed by atoms with E-state index in [0.29, 0.717) is 11.9 Å². The molecule has 2 saturated heterocycles. The van der Waals surface area contributed by atoms with Crippen LogP contribution in [0.1, 0.15) is 25.7 Å². The highest BCUT2D eigenvalue weighted by molar-refractivity contribution is 5.78. The third kappa shape index (κ3) is 2.17. The second-order valence-corrected chi connectivity index (χ2v) is 4.96. The molecule has 0 atom stereocenters. The van der Waals surface area contributed by atoms with Gasteiger partial charge in [0.2, 0.25) is 11.9 Å². The number of likely N-dealkylation sites (tertiary alicyclic amines) is 1. The number of piperidine rings is 1. The van der Waals surface area contributed by atoms with Crippen LogP contribution in [0, 0.1) is 0 Å². The van der Waals surface area contributed by atoms with Crippen LogP contribution < -0.4 is 4.90 Å². The Kier molecular flexibility index (Phi) is 3.13. The third-order valence-electron chi connectivity index (χ3n) is 3.85. The van der Waals surface area contributed by atoms with E-state index in [1.807, 2.05) is 6.07 Å². The van der Waals surface area contributed by atoms with Crippen molar-refractivity contribution in [3.05, 3.63) is 18.5 Å². The smallest absolute Gasteiger partial charge is 0.225 e. The van der Waals surface area contributed by atoms with Crippen molar-refractivity contribution in [3.63, 3.8) is 0 Å². The molecule has 2 aliphatic heterocycles. The van der Waals surface area contributed by atoms with Crippen molar-refractivity contribution in [2.45, 2.75) is 31.7 Å². The van der Waals surface area contributed by atoms with E-state index in [2.05, 4.69) is 19.8 Å². The van der Waals surface area contributed by atoms with Gasteiger partial charge in [0.05, 0.1) is 0 Å². The number of anilines is 1. The van der Waals surface area contributed by atoms with Crippen molar-refractivity contribution < 1.29 is 4.79 Å². The summed E-state index contributed by atoms with van der Waals surface area (Å²) in [6.45, 7) is 2.84. The number of hydrogen-bond donors (Lipinski definition) is 0. The average Bonchev–Trinajstić information content (AvgIpc) is 2.86. The Bertz CT molecular complexity index is 414. The predicted molar refractivity (Wildman–Crippen MR) is 68.2 cm³/mol. The summed E-state index contributed by atoms with van der Waals surface area (Å²) in [7, 11) is 0. The minimum Gasteiger partial charge on any atom is -0.341 e. The first-order chi connectivity index (χ1) is 8.84. The Morgan fingerprint density at radius 2 is 1.83 bits per heavy atom. The number of amides is 1. The highest BCUT2D eigenvalue weighted by Crippen LogP contribution is 2.23. The molecule has 0 aromatic carbocycles. The lowest BCUT2D eigenvalue weighted by atomic mass is 10.0. The minimum absolute atomic E-state index is 0.337. The maximum absolute atomic E-state index is 11.7. The normalized spacial score (nSPS) is 21.7. The van der Waals surface area contributed by atoms with Gasteiger partial charge in [0.1, 0.15) is 0 Å². The molecule has 3 heterocycles. The van der Waals surface area contributed by atoms with Gasteiger partial charge in [-0.2, -0.15) is 0 Å². The fourth-order valence-corrected chi connectivity index (χ4v) is 2.89. The predicted octanol–water partition coefficient (Wildman–Crippen LogP) is 1.07. The van der Waals surface area contributed by atoms with Crippen LogP contribution in [0.25, 0.3) is 0 Å². The molecule has 0 unspecified atom stereocenters. The van der Waals surface area contributed by atoms with Crippen LogP contribution >= 0.6 is 0 Å². The van der Waals surface area contributed by atoms with Crippen molar-refractivity contribution >= 4 is 11.9 Å². The zero-order chi connectivity index (χ0) is 12.4. The molecule has 1 aromatic heterocycles. The SMILES string of the molecule is O=C1CCCN1C1CCN(c2ncccn2)CC1. The molecule has 2 aliphatic rings. The van der Waals surface area contributed by atoms with Crippen molar-refractivity contribution in [3.8, 4) is 0 Å². The second-order valence-electron chi connectivity index (χ2n) is 4.96. The van der Waals surface area contributed by atoms with Crippen LogP contribution in [0.2, 0.25) is 0 Å². The number of carbonyl (C=O) groups excluding carboxylic acids is 1. The molecule has 0 N–H and O–H groups in total. The molecular formula is C13H18N4O. The number of nitrogens with zero attached hydrogens (tertiary/aromatic N) is 4. The van der Waals surface area contributed by atoms with Crippen molar-refractivity contribution in [1.29, 1.82) is 0 Å². The highest BCUT2D eigenvalue weighted by atomic mass is 16.2. The van der Waals surface area contributed by atoms with Gasteiger partial charge in [0.25, 0.3) is 0 Å². The Balaban J connectivity index is 1.60. The summed E-state index contributed by atoms with van der Waals surface area (Å²) in [5, 5.41) is 0. The quantitative estimate of drug-likeness (QED) is 0.783. The molecule has 0 bridgehead atoms. The number of carbonyl (C=O) groups is 1. The van der Waals surface area contributed by atoms with Gasteiger partial charge in [-0.25, -0.2) is 9.97 Å². The molecule has 0 spiro atoms. The summed E-state index contributed by atoms with van der Waals surface area (Å²) in [6, 6.07) is 2.26. The van der Waals surface area contributed by atoms with Gasteiger partial charge in [-0.1, -0.05) is 0 Å². The molecule has 5 nitrogen and oxygen atoms in total. The second kappa shape index (κ2) is 4.92. The molecule has 1 amide bonds. The first-order valence-corrected chi connectivity index (χ1v) is 6.66. The zero-order valence-corrected chi connectivity index (χ0v) is 10.5. The van der Waals surface area contributed by atoms with Gasteiger partial charge in [-0.05, 0) is 25.3 Å². The van der Waals surface area contributed by atoms with Gasteiger partial charge in [-0.15, -0.1) is 0 Å². The molecule has 96 valence electrons. The standard InChI is InChI=1S/C13H18N4O/c18-12-3-1-8-17(12)11-4-9-16(10-5-11)13-14-6-2-7-15-13/h2,6-7,11H,1,3-5,8-10H2. The maximum atomic E-state index is 11.7. The van der Waals surface area contributed by atoms with E-state index < -0.39 is 0 Å². The van der Waals surface area contributed by atoms with Crippen molar-refractivity contribution in [2.24, 2.45) is 0 Å². The van der Waals surface area contributed by atoms with Gasteiger partial charge in [0.15, 0.2) is 0 Å². The minimum atomic E-state index is 0.337. The first kappa shape index (κ1) is 11.4. The number of hydrogen-bond acceptors (Lipinski definition) is 4. The van der Waals surface area contributed by atoms with Crippen molar-refractivity contribution in [1.82, 2.24) is 14.9 Å². The Labute approximate surface area is 107 Å².